The first kappa shape index (κ1) is 24.0. The number of allylic oxidation sites excluding steroid dienone is 2. The first-order valence-electron chi connectivity index (χ1n) is 10.8. The van der Waals surface area contributed by atoms with Crippen molar-refractivity contribution in [2.24, 2.45) is 5.10 Å². The predicted octanol–water partition coefficient (Wildman–Crippen LogP) is 3.26. The van der Waals surface area contributed by atoms with Crippen molar-refractivity contribution in [1.29, 1.82) is 0 Å². The van der Waals surface area contributed by atoms with E-state index >= 15 is 0 Å². The molecule has 3 aromatic rings. The van der Waals surface area contributed by atoms with Gasteiger partial charge in [0.15, 0.2) is 5.13 Å². The molecule has 2 N–H and O–H groups in total. The molecule has 0 unspecified atom stereocenters. The van der Waals surface area contributed by atoms with Crippen molar-refractivity contribution in [3.8, 4) is 0 Å². The first-order chi connectivity index (χ1) is 16.2. The zero-order chi connectivity index (χ0) is 24.5. The number of sulfonamides is 1. The van der Waals surface area contributed by atoms with Crippen LogP contribution in [0.1, 0.15) is 26.5 Å². The fourth-order valence-corrected chi connectivity index (χ4v) is 5.60. The van der Waals surface area contributed by atoms with E-state index in [0.717, 1.165) is 33.0 Å². The highest BCUT2D eigenvalue weighted by Gasteiger charge is 2.29. The van der Waals surface area contributed by atoms with Crippen LogP contribution in [0, 0.1) is 0 Å². The van der Waals surface area contributed by atoms with E-state index in [4.69, 9.17) is 4.98 Å². The van der Waals surface area contributed by atoms with E-state index < -0.39 is 10.0 Å². The smallest absolute Gasteiger partial charge is 0.211 e. The van der Waals surface area contributed by atoms with Crippen LogP contribution in [-0.2, 0) is 10.0 Å². The quantitative estimate of drug-likeness (QED) is 0.375. The monoisotopic (exact) mass is 500 g/mol. The molecule has 3 aromatic heterocycles. The fourth-order valence-electron chi connectivity index (χ4n) is 3.86. The third-order valence-electron chi connectivity index (χ3n) is 5.82. The number of rotatable bonds is 7. The van der Waals surface area contributed by atoms with Crippen molar-refractivity contribution in [3.05, 3.63) is 41.9 Å². The van der Waals surface area contributed by atoms with Crippen molar-refractivity contribution >= 4 is 60.6 Å². The summed E-state index contributed by atoms with van der Waals surface area (Å²) in [6, 6.07) is 7.83. The minimum atomic E-state index is -3.19. The zero-order valence-corrected chi connectivity index (χ0v) is 21.2. The van der Waals surface area contributed by atoms with Crippen molar-refractivity contribution in [2.75, 3.05) is 36.1 Å². The molecule has 4 rings (SSSR count). The highest BCUT2D eigenvalue weighted by atomic mass is 32.2. The summed E-state index contributed by atoms with van der Waals surface area (Å²) < 4.78 is 25.3. The number of thiazole rings is 1. The summed E-state index contributed by atoms with van der Waals surface area (Å²) in [6.45, 7) is 10.9. The second-order valence-electron chi connectivity index (χ2n) is 8.25. The minimum absolute atomic E-state index is 0.0503. The third-order valence-corrected chi connectivity index (χ3v) is 7.97. The molecule has 0 spiro atoms. The topological polar surface area (TPSA) is 116 Å². The molecule has 10 nitrogen and oxygen atoms in total. The highest BCUT2D eigenvalue weighted by molar-refractivity contribution is 7.88. The summed E-state index contributed by atoms with van der Waals surface area (Å²) in [7, 11) is -3.19. The summed E-state index contributed by atoms with van der Waals surface area (Å²) >= 11 is 1.45. The maximum Gasteiger partial charge on any atom is 0.211 e. The summed E-state index contributed by atoms with van der Waals surface area (Å²) in [6.07, 6.45) is 3.00. The Labute approximate surface area is 203 Å². The van der Waals surface area contributed by atoms with Gasteiger partial charge in [-0.25, -0.2) is 23.4 Å². The Morgan fingerprint density at radius 3 is 2.74 bits per heavy atom. The molecule has 0 amide bonds. The molecule has 1 saturated heterocycles. The Bertz CT molecular complexity index is 1350. The molecule has 1 fully saturated rings. The molecule has 34 heavy (non-hydrogen) atoms. The largest absolute Gasteiger partial charge is 0.366 e. The highest BCUT2D eigenvalue weighted by Crippen LogP contribution is 2.30. The van der Waals surface area contributed by atoms with E-state index in [0.29, 0.717) is 30.6 Å². The average Bonchev–Trinajstić information content (AvgIpc) is 3.19. The van der Waals surface area contributed by atoms with Crippen LogP contribution in [0.3, 0.4) is 0 Å². The maximum absolute atomic E-state index is 11.9. The van der Waals surface area contributed by atoms with Gasteiger partial charge in [-0.05, 0) is 44.5 Å². The van der Waals surface area contributed by atoms with Crippen molar-refractivity contribution < 1.29 is 8.42 Å². The second-order valence-corrected chi connectivity index (χ2v) is 11.2. The fraction of sp³-hybridized carbons (Fsp3) is 0.364. The molecule has 0 radical (unpaired) electrons. The molecular weight excluding hydrogens is 472 g/mol. The van der Waals surface area contributed by atoms with Gasteiger partial charge in [-0.15, -0.1) is 0 Å². The third kappa shape index (κ3) is 5.18. The number of aromatic nitrogens is 3. The number of fused-ring (bicyclic) bond motifs is 1. The standard InChI is InChI=1S/C22H28N8O2S2/c1-14-13-29(34(5,31)32)10-11-30(14)17-8-9-24-20(12-17)27-22-26-19-7-6-18(25-21(19)33-22)15(2)16(3)28-23-4/h6-9,12,14,28H,4,10-11,13H2,1-3,5H3,(H,24,26,27)/b16-15+/t14-/m1/s1. The number of hydrogen-bond donors (Lipinski definition) is 2. The number of hydrazone groups is 1. The average molecular weight is 501 g/mol. The first-order valence-corrected chi connectivity index (χ1v) is 13.4. The molecule has 4 heterocycles. The number of nitrogens with zero attached hydrogens (tertiary/aromatic N) is 6. The van der Waals surface area contributed by atoms with Gasteiger partial charge in [0, 0.05) is 56.0 Å². The molecule has 180 valence electrons. The summed E-state index contributed by atoms with van der Waals surface area (Å²) in [5, 5.41) is 7.70. The molecule has 0 aromatic carbocycles. The Morgan fingerprint density at radius 1 is 1.24 bits per heavy atom. The van der Waals surface area contributed by atoms with E-state index in [1.54, 1.807) is 6.20 Å². The van der Waals surface area contributed by atoms with Gasteiger partial charge in [-0.2, -0.15) is 9.41 Å². The molecule has 0 aliphatic carbocycles. The lowest BCUT2D eigenvalue weighted by Crippen LogP contribution is -2.53. The summed E-state index contributed by atoms with van der Waals surface area (Å²) in [5.74, 6) is 0.669. The molecule has 1 aliphatic heterocycles. The van der Waals surface area contributed by atoms with Crippen molar-refractivity contribution in [3.63, 3.8) is 0 Å². The van der Waals surface area contributed by atoms with Gasteiger partial charge >= 0.3 is 0 Å². The van der Waals surface area contributed by atoms with E-state index in [9.17, 15) is 8.42 Å². The van der Waals surface area contributed by atoms with Gasteiger partial charge in [-0.1, -0.05) is 11.3 Å². The van der Waals surface area contributed by atoms with Gasteiger partial charge in [0.1, 0.15) is 16.2 Å². The lowest BCUT2D eigenvalue weighted by atomic mass is 10.1. The van der Waals surface area contributed by atoms with Crippen molar-refractivity contribution in [2.45, 2.75) is 26.8 Å². The number of hydrogen-bond acceptors (Lipinski definition) is 10. The van der Waals surface area contributed by atoms with Crippen LogP contribution in [0.15, 0.2) is 41.3 Å². The van der Waals surface area contributed by atoms with Gasteiger partial charge in [-0.3, -0.25) is 5.43 Å². The Hall–Kier alpha value is -3.09. The van der Waals surface area contributed by atoms with Crippen molar-refractivity contribution in [1.82, 2.24) is 24.7 Å². The van der Waals surface area contributed by atoms with Gasteiger partial charge in [0.2, 0.25) is 10.0 Å². The lowest BCUT2D eigenvalue weighted by Gasteiger charge is -2.40. The summed E-state index contributed by atoms with van der Waals surface area (Å²) in [4.78, 5) is 16.8. The number of anilines is 3. The molecule has 1 atom stereocenters. The van der Waals surface area contributed by atoms with Crippen LogP contribution in [-0.4, -0.2) is 66.3 Å². The van der Waals surface area contributed by atoms with Crippen LogP contribution in [0.2, 0.25) is 0 Å². The Kier molecular flexibility index (Phi) is 6.82. The molecule has 12 heteroatoms. The van der Waals surface area contributed by atoms with E-state index in [1.165, 1.54) is 21.9 Å². The summed E-state index contributed by atoms with van der Waals surface area (Å²) in [5.41, 5.74) is 7.36. The lowest BCUT2D eigenvalue weighted by molar-refractivity contribution is 0.345. The van der Waals surface area contributed by atoms with Gasteiger partial charge < -0.3 is 10.2 Å². The van der Waals surface area contributed by atoms with E-state index in [1.807, 2.05) is 45.0 Å². The second kappa shape index (κ2) is 9.65. The number of piperazine rings is 1. The SMILES string of the molecule is C=NN/C(C)=C(\C)c1ccc2nc(Nc3cc(N4CCN(S(C)(=O)=O)C[C@H]4C)ccn3)sc2n1. The van der Waals surface area contributed by atoms with Gasteiger partial charge in [0.25, 0.3) is 0 Å². The molecular formula is C22H28N8O2S2. The van der Waals surface area contributed by atoms with Crippen LogP contribution < -0.4 is 15.6 Å². The van der Waals surface area contributed by atoms with E-state index in [2.05, 4.69) is 37.4 Å². The maximum atomic E-state index is 11.9. The number of nitrogens with one attached hydrogen (secondary N) is 2. The van der Waals surface area contributed by atoms with Crippen LogP contribution in [0.5, 0.6) is 0 Å². The Balaban J connectivity index is 1.52. The Morgan fingerprint density at radius 2 is 2.03 bits per heavy atom. The van der Waals surface area contributed by atoms with Crippen LogP contribution in [0.4, 0.5) is 16.6 Å². The zero-order valence-electron chi connectivity index (χ0n) is 19.6. The van der Waals surface area contributed by atoms with E-state index in [-0.39, 0.29) is 6.04 Å². The molecule has 1 aliphatic rings. The normalized spacial score (nSPS) is 18.0. The molecule has 0 bridgehead atoms. The van der Waals surface area contributed by atoms with Gasteiger partial charge in [0.05, 0.1) is 11.9 Å². The van der Waals surface area contributed by atoms with Crippen LogP contribution in [0.25, 0.3) is 15.9 Å². The number of pyridine rings is 2. The molecule has 0 saturated carbocycles. The minimum Gasteiger partial charge on any atom is -0.366 e. The predicted molar refractivity (Wildman–Crippen MR) is 139 cm³/mol. The van der Waals surface area contributed by atoms with Crippen LogP contribution >= 0.6 is 11.3 Å².